The van der Waals surface area contributed by atoms with Crippen molar-refractivity contribution in [3.05, 3.63) is 0 Å². The molecule has 0 aromatic carbocycles. The van der Waals surface area contributed by atoms with E-state index in [1.807, 2.05) is 6.92 Å². The van der Waals surface area contributed by atoms with Crippen LogP contribution in [0.3, 0.4) is 0 Å². The molecule has 0 N–H and O–H groups in total. The van der Waals surface area contributed by atoms with Gasteiger partial charge in [-0.05, 0) is 12.8 Å². The van der Waals surface area contributed by atoms with Gasteiger partial charge in [0.2, 0.25) is 0 Å². The van der Waals surface area contributed by atoms with Gasteiger partial charge in [-0.15, -0.1) is 0 Å². The van der Waals surface area contributed by atoms with Gasteiger partial charge >= 0.3 is 0 Å². The molecule has 0 radical (unpaired) electrons. The van der Waals surface area contributed by atoms with E-state index in [0.717, 1.165) is 19.3 Å². The van der Waals surface area contributed by atoms with Crippen molar-refractivity contribution < 1.29 is 4.79 Å². The van der Waals surface area contributed by atoms with Crippen LogP contribution in [0.15, 0.2) is 0 Å². The highest BCUT2D eigenvalue weighted by Crippen LogP contribution is 2.37. The minimum Gasteiger partial charge on any atom is -0.299 e. The molecular weight excluding hydrogens is 136 g/mol. The molecule has 0 saturated heterocycles. The number of ketones is 1. The quantitative estimate of drug-likeness (QED) is 0.597. The predicted octanol–water partition coefficient (Wildman–Crippen LogP) is 2.94. The lowest BCUT2D eigenvalue weighted by atomic mass is 9.72. The van der Waals surface area contributed by atoms with Gasteiger partial charge in [0, 0.05) is 11.8 Å². The van der Waals surface area contributed by atoms with Crippen LogP contribution in [0.25, 0.3) is 0 Å². The smallest absolute Gasteiger partial charge is 0.138 e. The van der Waals surface area contributed by atoms with Crippen molar-refractivity contribution in [1.29, 1.82) is 0 Å². The van der Waals surface area contributed by atoms with E-state index < -0.39 is 0 Å². The molecule has 0 unspecified atom stereocenters. The molecule has 0 bridgehead atoms. The minimum atomic E-state index is 0.0486. The van der Waals surface area contributed by atoms with Crippen LogP contribution in [0.2, 0.25) is 0 Å². The first-order valence-corrected chi connectivity index (χ1v) is 4.72. The summed E-state index contributed by atoms with van der Waals surface area (Å²) < 4.78 is 0. The molecule has 0 aromatic rings. The van der Waals surface area contributed by atoms with Gasteiger partial charge in [-0.3, -0.25) is 4.79 Å². The van der Waals surface area contributed by atoms with E-state index in [1.54, 1.807) is 0 Å². The van der Waals surface area contributed by atoms with E-state index in [2.05, 4.69) is 6.92 Å². The fraction of sp³-hybridized carbons (Fsp3) is 0.900. The second-order valence-electron chi connectivity index (χ2n) is 3.90. The molecule has 1 aliphatic rings. The Kier molecular flexibility index (Phi) is 2.69. The van der Waals surface area contributed by atoms with Crippen molar-refractivity contribution in [2.45, 2.75) is 52.4 Å². The molecule has 0 heterocycles. The Morgan fingerprint density at radius 1 is 1.27 bits per heavy atom. The summed E-state index contributed by atoms with van der Waals surface area (Å²) in [6.07, 6.45) is 6.80. The van der Waals surface area contributed by atoms with E-state index in [1.165, 1.54) is 19.3 Å². The number of Topliss-reactive ketones (excluding diaryl/α,β-unsaturated/α-hetero) is 1. The molecule has 11 heavy (non-hydrogen) atoms. The van der Waals surface area contributed by atoms with Crippen LogP contribution in [0, 0.1) is 5.41 Å². The normalized spacial score (nSPS) is 23.1. The summed E-state index contributed by atoms with van der Waals surface area (Å²) in [5.41, 5.74) is 0.0486. The molecule has 1 nitrogen and oxygen atoms in total. The molecule has 0 aliphatic heterocycles. The maximum atomic E-state index is 11.5. The molecule has 64 valence electrons. The lowest BCUT2D eigenvalue weighted by Crippen LogP contribution is -2.29. The second-order valence-corrected chi connectivity index (χ2v) is 3.90. The van der Waals surface area contributed by atoms with Crippen LogP contribution < -0.4 is 0 Å². The summed E-state index contributed by atoms with van der Waals surface area (Å²) in [6.45, 7) is 4.11. The van der Waals surface area contributed by atoms with Crippen LogP contribution in [-0.2, 0) is 4.79 Å². The molecule has 1 rings (SSSR count). The maximum absolute atomic E-state index is 11.5. The standard InChI is InChI=1S/C10H18O/c1-3-9(11)10(2)7-5-4-6-8-10/h3-8H2,1-2H3. The molecule has 0 atom stereocenters. The fourth-order valence-corrected chi connectivity index (χ4v) is 2.04. The van der Waals surface area contributed by atoms with Crippen LogP contribution >= 0.6 is 0 Å². The molecule has 0 spiro atoms. The molecule has 1 heteroatoms. The summed E-state index contributed by atoms with van der Waals surface area (Å²) in [7, 11) is 0. The average molecular weight is 154 g/mol. The third-order valence-corrected chi connectivity index (χ3v) is 2.95. The fourth-order valence-electron chi connectivity index (χ4n) is 2.04. The monoisotopic (exact) mass is 154 g/mol. The molecule has 1 saturated carbocycles. The van der Waals surface area contributed by atoms with Crippen LogP contribution in [0.5, 0.6) is 0 Å². The largest absolute Gasteiger partial charge is 0.299 e. The molecule has 1 aliphatic carbocycles. The van der Waals surface area contributed by atoms with E-state index in [-0.39, 0.29) is 5.41 Å². The Balaban J connectivity index is 2.56. The molecule has 1 fully saturated rings. The Morgan fingerprint density at radius 3 is 2.27 bits per heavy atom. The van der Waals surface area contributed by atoms with Gasteiger partial charge in [-0.25, -0.2) is 0 Å². The van der Waals surface area contributed by atoms with Crippen molar-refractivity contribution in [3.63, 3.8) is 0 Å². The van der Waals surface area contributed by atoms with Gasteiger partial charge in [0.1, 0.15) is 5.78 Å². The van der Waals surface area contributed by atoms with Gasteiger partial charge in [0.15, 0.2) is 0 Å². The molecule has 0 amide bonds. The first-order valence-electron chi connectivity index (χ1n) is 4.72. The Bertz CT molecular complexity index is 143. The molecular formula is C10H18O. The predicted molar refractivity (Wildman–Crippen MR) is 46.5 cm³/mol. The van der Waals surface area contributed by atoms with Crippen molar-refractivity contribution in [1.82, 2.24) is 0 Å². The van der Waals surface area contributed by atoms with E-state index in [9.17, 15) is 4.79 Å². The van der Waals surface area contributed by atoms with E-state index in [4.69, 9.17) is 0 Å². The van der Waals surface area contributed by atoms with Gasteiger partial charge in [0.25, 0.3) is 0 Å². The first kappa shape index (κ1) is 8.76. The Labute approximate surface area is 69.2 Å². The third-order valence-electron chi connectivity index (χ3n) is 2.95. The van der Waals surface area contributed by atoms with Crippen LogP contribution in [0.1, 0.15) is 52.4 Å². The van der Waals surface area contributed by atoms with Gasteiger partial charge in [0.05, 0.1) is 0 Å². The number of carbonyl (C=O) groups is 1. The van der Waals surface area contributed by atoms with Crippen molar-refractivity contribution >= 4 is 5.78 Å². The number of hydrogen-bond donors (Lipinski definition) is 0. The van der Waals surface area contributed by atoms with Gasteiger partial charge in [-0.1, -0.05) is 33.1 Å². The summed E-state index contributed by atoms with van der Waals surface area (Å²) in [5.74, 6) is 0.470. The van der Waals surface area contributed by atoms with Crippen LogP contribution in [0.4, 0.5) is 0 Å². The number of hydrogen-bond acceptors (Lipinski definition) is 1. The van der Waals surface area contributed by atoms with E-state index in [0.29, 0.717) is 5.78 Å². The summed E-state index contributed by atoms with van der Waals surface area (Å²) in [4.78, 5) is 11.5. The Hall–Kier alpha value is -0.330. The van der Waals surface area contributed by atoms with Crippen LogP contribution in [-0.4, -0.2) is 5.78 Å². The lowest BCUT2D eigenvalue weighted by molar-refractivity contribution is -0.129. The number of rotatable bonds is 2. The molecule has 0 aromatic heterocycles. The SMILES string of the molecule is CCC(=O)C1(C)CCCCC1. The zero-order chi connectivity index (χ0) is 8.32. The summed E-state index contributed by atoms with van der Waals surface area (Å²) in [6, 6.07) is 0. The topological polar surface area (TPSA) is 17.1 Å². The summed E-state index contributed by atoms with van der Waals surface area (Å²) in [5, 5.41) is 0. The summed E-state index contributed by atoms with van der Waals surface area (Å²) >= 11 is 0. The van der Waals surface area contributed by atoms with Gasteiger partial charge < -0.3 is 0 Å². The number of carbonyl (C=O) groups excluding carboxylic acids is 1. The lowest BCUT2D eigenvalue weighted by Gasteiger charge is -2.31. The highest BCUT2D eigenvalue weighted by molar-refractivity contribution is 5.84. The minimum absolute atomic E-state index is 0.0486. The zero-order valence-corrected chi connectivity index (χ0v) is 7.65. The zero-order valence-electron chi connectivity index (χ0n) is 7.65. The third kappa shape index (κ3) is 1.82. The maximum Gasteiger partial charge on any atom is 0.138 e. The highest BCUT2D eigenvalue weighted by atomic mass is 16.1. The average Bonchev–Trinajstić information content (AvgIpc) is 2.04. The van der Waals surface area contributed by atoms with Crippen molar-refractivity contribution in [2.24, 2.45) is 5.41 Å². The van der Waals surface area contributed by atoms with Crippen molar-refractivity contribution in [3.8, 4) is 0 Å². The highest BCUT2D eigenvalue weighted by Gasteiger charge is 2.32. The van der Waals surface area contributed by atoms with E-state index >= 15 is 0 Å². The first-order chi connectivity index (χ1) is 5.19. The van der Waals surface area contributed by atoms with Crippen molar-refractivity contribution in [2.75, 3.05) is 0 Å². The Morgan fingerprint density at radius 2 is 1.82 bits per heavy atom. The van der Waals surface area contributed by atoms with Gasteiger partial charge in [-0.2, -0.15) is 0 Å². The second kappa shape index (κ2) is 3.38.